The number of hydrogen-bond donors (Lipinski definition) is 2. The SMILES string of the molecule is COC(=O)c1ccccc1NC(=O)c1oc2c(c1C)/C(=N/NC(=O)Cc1ccccc1)CCC2. The van der Waals surface area contributed by atoms with Gasteiger partial charge in [-0.1, -0.05) is 42.5 Å². The number of rotatable bonds is 6. The summed E-state index contributed by atoms with van der Waals surface area (Å²) in [5.41, 5.74) is 6.17. The van der Waals surface area contributed by atoms with E-state index in [2.05, 4.69) is 15.8 Å². The Morgan fingerprint density at radius 2 is 1.76 bits per heavy atom. The summed E-state index contributed by atoms with van der Waals surface area (Å²) in [7, 11) is 1.28. The molecule has 4 rings (SSSR count). The lowest BCUT2D eigenvalue weighted by molar-refractivity contribution is -0.120. The van der Waals surface area contributed by atoms with Crippen LogP contribution in [0.3, 0.4) is 0 Å². The van der Waals surface area contributed by atoms with Crippen LogP contribution in [0.5, 0.6) is 0 Å². The second-order valence-corrected chi connectivity index (χ2v) is 7.96. The van der Waals surface area contributed by atoms with Gasteiger partial charge in [-0.3, -0.25) is 9.59 Å². The lowest BCUT2D eigenvalue weighted by atomic mass is 9.93. The lowest BCUT2D eigenvalue weighted by Crippen LogP contribution is -2.23. The van der Waals surface area contributed by atoms with Gasteiger partial charge in [0.15, 0.2) is 5.76 Å². The first kappa shape index (κ1) is 23.0. The molecule has 0 bridgehead atoms. The summed E-state index contributed by atoms with van der Waals surface area (Å²) in [4.78, 5) is 37.4. The Hall–Kier alpha value is -4.20. The number of benzene rings is 2. The normalized spacial score (nSPS) is 13.8. The fourth-order valence-electron chi connectivity index (χ4n) is 4.01. The zero-order valence-corrected chi connectivity index (χ0v) is 19.0. The summed E-state index contributed by atoms with van der Waals surface area (Å²) in [6.07, 6.45) is 2.34. The van der Waals surface area contributed by atoms with Crippen LogP contribution in [-0.4, -0.2) is 30.6 Å². The number of esters is 1. The van der Waals surface area contributed by atoms with Gasteiger partial charge < -0.3 is 14.5 Å². The van der Waals surface area contributed by atoms with Crippen molar-refractivity contribution >= 4 is 29.2 Å². The van der Waals surface area contributed by atoms with Crippen molar-refractivity contribution in [2.24, 2.45) is 5.10 Å². The molecule has 8 nitrogen and oxygen atoms in total. The van der Waals surface area contributed by atoms with E-state index in [0.29, 0.717) is 35.6 Å². The van der Waals surface area contributed by atoms with Crippen LogP contribution in [0, 0.1) is 6.92 Å². The first-order valence-corrected chi connectivity index (χ1v) is 11.0. The van der Waals surface area contributed by atoms with E-state index in [1.807, 2.05) is 30.3 Å². The van der Waals surface area contributed by atoms with E-state index >= 15 is 0 Å². The highest BCUT2D eigenvalue weighted by molar-refractivity contribution is 6.11. The summed E-state index contributed by atoms with van der Waals surface area (Å²) in [6.45, 7) is 1.79. The first-order chi connectivity index (χ1) is 16.5. The Balaban J connectivity index is 1.54. The standard InChI is InChI=1S/C26H25N3O5/c1-16-23-20(28-29-22(30)15-17-9-4-3-5-10-17)13-8-14-21(23)34-24(16)25(31)27-19-12-7-6-11-18(19)26(32)33-2/h3-7,9-12H,8,13-15H2,1-2H3,(H,27,31)(H,29,30)/b28-20+. The van der Waals surface area contributed by atoms with Crippen molar-refractivity contribution in [1.82, 2.24) is 5.43 Å². The van der Waals surface area contributed by atoms with Gasteiger partial charge in [-0.15, -0.1) is 0 Å². The smallest absolute Gasteiger partial charge is 0.339 e. The highest BCUT2D eigenvalue weighted by Crippen LogP contribution is 2.30. The number of carbonyl (C=O) groups is 3. The molecule has 8 heteroatoms. The molecule has 1 heterocycles. The molecule has 1 aliphatic rings. The maximum absolute atomic E-state index is 13.0. The molecular formula is C26H25N3O5. The van der Waals surface area contributed by atoms with Crippen LogP contribution >= 0.6 is 0 Å². The van der Waals surface area contributed by atoms with Gasteiger partial charge in [0.25, 0.3) is 5.91 Å². The Morgan fingerprint density at radius 1 is 1.03 bits per heavy atom. The zero-order chi connectivity index (χ0) is 24.1. The molecule has 2 amide bonds. The third kappa shape index (κ3) is 4.91. The average molecular weight is 460 g/mol. The van der Waals surface area contributed by atoms with Gasteiger partial charge in [-0.2, -0.15) is 5.10 Å². The number of methoxy groups -OCH3 is 1. The second-order valence-electron chi connectivity index (χ2n) is 7.96. The summed E-state index contributed by atoms with van der Waals surface area (Å²) < 4.78 is 10.7. The van der Waals surface area contributed by atoms with Crippen LogP contribution in [0.25, 0.3) is 0 Å². The Labute approximate surface area is 197 Å². The molecule has 0 spiro atoms. The largest absolute Gasteiger partial charge is 0.465 e. The first-order valence-electron chi connectivity index (χ1n) is 11.0. The number of ether oxygens (including phenoxy) is 1. The molecule has 0 fully saturated rings. The molecule has 34 heavy (non-hydrogen) atoms. The van der Waals surface area contributed by atoms with E-state index in [9.17, 15) is 14.4 Å². The van der Waals surface area contributed by atoms with Crippen LogP contribution in [0.2, 0.25) is 0 Å². The molecule has 0 saturated carbocycles. The number of furan rings is 1. The van der Waals surface area contributed by atoms with Gasteiger partial charge in [0.05, 0.1) is 30.5 Å². The molecular weight excluding hydrogens is 434 g/mol. The minimum absolute atomic E-state index is 0.148. The number of aryl methyl sites for hydroxylation is 1. The highest BCUT2D eigenvalue weighted by atomic mass is 16.5. The Kier molecular flexibility index (Phi) is 6.87. The van der Waals surface area contributed by atoms with Gasteiger partial charge >= 0.3 is 5.97 Å². The summed E-state index contributed by atoms with van der Waals surface area (Å²) >= 11 is 0. The van der Waals surface area contributed by atoms with Gasteiger partial charge in [0.2, 0.25) is 5.91 Å². The molecule has 174 valence electrons. The van der Waals surface area contributed by atoms with Crippen molar-refractivity contribution in [2.45, 2.75) is 32.6 Å². The molecule has 0 aliphatic heterocycles. The third-order valence-electron chi connectivity index (χ3n) is 5.64. The predicted molar refractivity (Wildman–Crippen MR) is 127 cm³/mol. The van der Waals surface area contributed by atoms with E-state index in [0.717, 1.165) is 17.5 Å². The number of para-hydroxylation sites is 1. The van der Waals surface area contributed by atoms with Crippen LogP contribution in [0.1, 0.15) is 56.2 Å². The number of carbonyl (C=O) groups excluding carboxylic acids is 3. The van der Waals surface area contributed by atoms with Gasteiger partial charge in [-0.05, 0) is 37.5 Å². The fourth-order valence-corrected chi connectivity index (χ4v) is 4.01. The maximum Gasteiger partial charge on any atom is 0.339 e. The monoisotopic (exact) mass is 459 g/mol. The molecule has 0 unspecified atom stereocenters. The molecule has 2 aromatic carbocycles. The number of fused-ring (bicyclic) bond motifs is 1. The highest BCUT2D eigenvalue weighted by Gasteiger charge is 2.28. The minimum Gasteiger partial charge on any atom is -0.465 e. The molecule has 1 aliphatic carbocycles. The molecule has 2 N–H and O–H groups in total. The van der Waals surface area contributed by atoms with Crippen LogP contribution < -0.4 is 10.7 Å². The predicted octanol–water partition coefficient (Wildman–Crippen LogP) is 4.03. The minimum atomic E-state index is -0.549. The summed E-state index contributed by atoms with van der Waals surface area (Å²) in [5.74, 6) is -0.437. The van der Waals surface area contributed by atoms with Crippen molar-refractivity contribution in [3.05, 3.63) is 88.4 Å². The van der Waals surface area contributed by atoms with E-state index in [1.165, 1.54) is 7.11 Å². The van der Waals surface area contributed by atoms with Crippen LogP contribution in [-0.2, 0) is 22.4 Å². The van der Waals surface area contributed by atoms with E-state index in [-0.39, 0.29) is 23.7 Å². The van der Waals surface area contributed by atoms with E-state index in [1.54, 1.807) is 31.2 Å². The van der Waals surface area contributed by atoms with Gasteiger partial charge in [0.1, 0.15) is 5.76 Å². The average Bonchev–Trinajstić information content (AvgIpc) is 3.20. The van der Waals surface area contributed by atoms with Crippen molar-refractivity contribution in [3.63, 3.8) is 0 Å². The van der Waals surface area contributed by atoms with E-state index < -0.39 is 11.9 Å². The van der Waals surface area contributed by atoms with Gasteiger partial charge in [0, 0.05) is 17.5 Å². The molecule has 0 saturated heterocycles. The number of hydrogen-bond acceptors (Lipinski definition) is 6. The van der Waals surface area contributed by atoms with Crippen molar-refractivity contribution in [2.75, 3.05) is 12.4 Å². The number of amides is 2. The fraction of sp³-hybridized carbons (Fsp3) is 0.231. The Bertz CT molecular complexity index is 1260. The number of hydrazone groups is 1. The summed E-state index contributed by atoms with van der Waals surface area (Å²) in [5, 5.41) is 7.09. The lowest BCUT2D eigenvalue weighted by Gasteiger charge is -2.13. The third-order valence-corrected chi connectivity index (χ3v) is 5.64. The maximum atomic E-state index is 13.0. The number of nitrogens with one attached hydrogen (secondary N) is 2. The van der Waals surface area contributed by atoms with E-state index in [4.69, 9.17) is 9.15 Å². The second kappa shape index (κ2) is 10.2. The quantitative estimate of drug-likeness (QED) is 0.427. The van der Waals surface area contributed by atoms with Crippen LogP contribution in [0.15, 0.2) is 64.1 Å². The van der Waals surface area contributed by atoms with Crippen molar-refractivity contribution in [1.29, 1.82) is 0 Å². The van der Waals surface area contributed by atoms with Crippen LogP contribution in [0.4, 0.5) is 5.69 Å². The topological polar surface area (TPSA) is 110 Å². The Morgan fingerprint density at radius 3 is 2.53 bits per heavy atom. The number of anilines is 1. The molecule has 0 radical (unpaired) electrons. The van der Waals surface area contributed by atoms with Crippen molar-refractivity contribution < 1.29 is 23.5 Å². The molecule has 0 atom stereocenters. The zero-order valence-electron chi connectivity index (χ0n) is 19.0. The van der Waals surface area contributed by atoms with Crippen molar-refractivity contribution in [3.8, 4) is 0 Å². The molecule has 3 aromatic rings. The number of nitrogens with zero attached hydrogens (tertiary/aromatic N) is 1. The van der Waals surface area contributed by atoms with Gasteiger partial charge in [-0.25, -0.2) is 10.2 Å². The molecule has 1 aromatic heterocycles. The summed E-state index contributed by atoms with van der Waals surface area (Å²) in [6, 6.07) is 16.0.